The Morgan fingerprint density at radius 1 is 0.947 bits per heavy atom. The van der Waals surface area contributed by atoms with Crippen LogP contribution in [0.2, 0.25) is 0 Å². The maximum atomic E-state index is 13.1. The molecule has 2 aromatic carbocycles. The Bertz CT molecular complexity index is 1340. The Labute approximate surface area is 229 Å². The summed E-state index contributed by atoms with van der Waals surface area (Å²) in [6.07, 6.45) is 4.09. The number of amides is 1. The van der Waals surface area contributed by atoms with Gasteiger partial charge in [-0.25, -0.2) is 0 Å². The minimum absolute atomic E-state index is 0.0668. The average molecular weight is 581 g/mol. The van der Waals surface area contributed by atoms with Crippen LogP contribution in [0.15, 0.2) is 63.4 Å². The molecule has 0 aromatic heterocycles. The SMILES string of the molecule is COc1ccccc1NC(=O)COc1c(Br)cc(C2C3=C(CCCC3=O)NC3=C2C(=O)CCC3)cc1OC. The maximum Gasteiger partial charge on any atom is 0.262 e. The molecular formula is C29H29BrN2O6. The molecule has 0 saturated carbocycles. The Morgan fingerprint density at radius 3 is 2.21 bits per heavy atom. The van der Waals surface area contributed by atoms with Crippen LogP contribution in [-0.4, -0.2) is 38.3 Å². The van der Waals surface area contributed by atoms with Crippen LogP contribution in [0.4, 0.5) is 5.69 Å². The van der Waals surface area contributed by atoms with Crippen molar-refractivity contribution in [2.45, 2.75) is 44.4 Å². The van der Waals surface area contributed by atoms with Crippen LogP contribution in [0.5, 0.6) is 17.2 Å². The van der Waals surface area contributed by atoms with E-state index in [2.05, 4.69) is 26.6 Å². The molecule has 3 aliphatic rings. The molecule has 1 amide bonds. The van der Waals surface area contributed by atoms with Gasteiger partial charge in [-0.3, -0.25) is 14.4 Å². The van der Waals surface area contributed by atoms with Crippen molar-refractivity contribution in [1.29, 1.82) is 0 Å². The number of ketones is 2. The number of benzene rings is 2. The highest BCUT2D eigenvalue weighted by atomic mass is 79.9. The number of halogens is 1. The number of rotatable bonds is 7. The third kappa shape index (κ3) is 4.95. The van der Waals surface area contributed by atoms with Crippen LogP contribution in [0.3, 0.4) is 0 Å². The second-order valence-electron chi connectivity index (χ2n) is 9.47. The Balaban J connectivity index is 1.45. The third-order valence-electron chi connectivity index (χ3n) is 7.11. The fourth-order valence-corrected chi connectivity index (χ4v) is 6.01. The highest BCUT2D eigenvalue weighted by Gasteiger charge is 2.40. The monoisotopic (exact) mass is 580 g/mol. The smallest absolute Gasteiger partial charge is 0.262 e. The van der Waals surface area contributed by atoms with Gasteiger partial charge in [0.25, 0.3) is 5.91 Å². The molecule has 198 valence electrons. The summed E-state index contributed by atoms with van der Waals surface area (Å²) in [7, 11) is 3.05. The Kier molecular flexibility index (Phi) is 7.56. The van der Waals surface area contributed by atoms with Gasteiger partial charge in [0.1, 0.15) is 5.75 Å². The van der Waals surface area contributed by atoms with Crippen molar-refractivity contribution in [3.63, 3.8) is 0 Å². The first kappa shape index (κ1) is 26.0. The number of allylic oxidation sites excluding steroid dienone is 4. The highest BCUT2D eigenvalue weighted by Crippen LogP contribution is 2.48. The Hall–Kier alpha value is -3.59. The largest absolute Gasteiger partial charge is 0.495 e. The van der Waals surface area contributed by atoms with Crippen molar-refractivity contribution in [2.24, 2.45) is 0 Å². The van der Waals surface area contributed by atoms with Gasteiger partial charge >= 0.3 is 0 Å². The first-order chi connectivity index (χ1) is 18.4. The number of carbonyl (C=O) groups is 3. The molecule has 0 unspecified atom stereocenters. The van der Waals surface area contributed by atoms with Gasteiger partial charge in [0.05, 0.1) is 24.4 Å². The average Bonchev–Trinajstić information content (AvgIpc) is 2.91. The van der Waals surface area contributed by atoms with Gasteiger partial charge in [0, 0.05) is 41.3 Å². The van der Waals surface area contributed by atoms with Crippen molar-refractivity contribution in [3.05, 3.63) is 69.0 Å². The van der Waals surface area contributed by atoms with Crippen LogP contribution >= 0.6 is 15.9 Å². The van der Waals surface area contributed by atoms with Crippen molar-refractivity contribution in [3.8, 4) is 17.2 Å². The van der Waals surface area contributed by atoms with Gasteiger partial charge in [-0.2, -0.15) is 0 Å². The lowest BCUT2D eigenvalue weighted by Crippen LogP contribution is -2.36. The molecule has 0 saturated heterocycles. The van der Waals surface area contributed by atoms with E-state index in [-0.39, 0.29) is 24.1 Å². The van der Waals surface area contributed by atoms with E-state index in [0.717, 1.165) is 42.6 Å². The van der Waals surface area contributed by atoms with E-state index in [1.807, 2.05) is 12.1 Å². The topological polar surface area (TPSA) is 103 Å². The molecule has 5 rings (SSSR count). The summed E-state index contributed by atoms with van der Waals surface area (Å²) in [5.41, 5.74) is 4.49. The van der Waals surface area contributed by atoms with Gasteiger partial charge in [-0.05, 0) is 71.4 Å². The molecule has 0 fully saturated rings. The predicted octanol–water partition coefficient (Wildman–Crippen LogP) is 5.18. The molecular weight excluding hydrogens is 552 g/mol. The molecule has 2 aromatic rings. The molecule has 0 atom stereocenters. The van der Waals surface area contributed by atoms with Crippen LogP contribution < -0.4 is 24.8 Å². The fraction of sp³-hybridized carbons (Fsp3) is 0.345. The van der Waals surface area contributed by atoms with Gasteiger partial charge < -0.3 is 24.8 Å². The summed E-state index contributed by atoms with van der Waals surface area (Å²) in [6.45, 7) is -0.263. The number of anilines is 1. The highest BCUT2D eigenvalue weighted by molar-refractivity contribution is 9.10. The summed E-state index contributed by atoms with van der Waals surface area (Å²) >= 11 is 3.58. The Morgan fingerprint density at radius 2 is 1.58 bits per heavy atom. The number of ether oxygens (including phenoxy) is 3. The van der Waals surface area contributed by atoms with Crippen LogP contribution in [0.25, 0.3) is 0 Å². The zero-order chi connectivity index (χ0) is 26.8. The molecule has 1 aliphatic heterocycles. The van der Waals surface area contributed by atoms with E-state index in [9.17, 15) is 14.4 Å². The van der Waals surface area contributed by atoms with Crippen LogP contribution in [0, 0.1) is 0 Å². The van der Waals surface area contributed by atoms with E-state index >= 15 is 0 Å². The van der Waals surface area contributed by atoms with E-state index in [1.54, 1.807) is 24.3 Å². The van der Waals surface area contributed by atoms with Gasteiger partial charge in [-0.1, -0.05) is 12.1 Å². The van der Waals surface area contributed by atoms with Gasteiger partial charge in [-0.15, -0.1) is 0 Å². The van der Waals surface area contributed by atoms with Crippen molar-refractivity contribution >= 4 is 39.1 Å². The molecule has 38 heavy (non-hydrogen) atoms. The van der Waals surface area contributed by atoms with Crippen molar-refractivity contribution in [1.82, 2.24) is 5.32 Å². The number of hydrogen-bond donors (Lipinski definition) is 2. The third-order valence-corrected chi connectivity index (χ3v) is 7.69. The van der Waals surface area contributed by atoms with E-state index < -0.39 is 5.92 Å². The van der Waals surface area contributed by atoms with Crippen molar-refractivity contribution < 1.29 is 28.6 Å². The van der Waals surface area contributed by atoms with Crippen LogP contribution in [0.1, 0.15) is 50.0 Å². The number of dihydropyridines is 1. The number of Topliss-reactive ketones (excluding diaryl/α,β-unsaturated/α-hetero) is 2. The molecule has 1 heterocycles. The quantitative estimate of drug-likeness (QED) is 0.464. The molecule has 0 radical (unpaired) electrons. The number of para-hydroxylation sites is 2. The van der Waals surface area contributed by atoms with E-state index in [1.165, 1.54) is 14.2 Å². The number of methoxy groups -OCH3 is 2. The van der Waals surface area contributed by atoms with E-state index in [4.69, 9.17) is 14.2 Å². The maximum absolute atomic E-state index is 13.1. The second-order valence-corrected chi connectivity index (χ2v) is 10.3. The summed E-state index contributed by atoms with van der Waals surface area (Å²) < 4.78 is 17.4. The molecule has 2 aliphatic carbocycles. The van der Waals surface area contributed by atoms with E-state index in [0.29, 0.717) is 51.4 Å². The lowest BCUT2D eigenvalue weighted by Gasteiger charge is -2.37. The van der Waals surface area contributed by atoms with Crippen LogP contribution in [-0.2, 0) is 14.4 Å². The summed E-state index contributed by atoms with van der Waals surface area (Å²) in [6, 6.07) is 10.8. The number of carbonyl (C=O) groups excluding carboxylic acids is 3. The summed E-state index contributed by atoms with van der Waals surface area (Å²) in [4.78, 5) is 38.9. The number of nitrogens with one attached hydrogen (secondary N) is 2. The van der Waals surface area contributed by atoms with Crippen molar-refractivity contribution in [2.75, 3.05) is 26.1 Å². The predicted molar refractivity (Wildman–Crippen MR) is 145 cm³/mol. The fourth-order valence-electron chi connectivity index (χ4n) is 5.44. The van der Waals surface area contributed by atoms with Gasteiger partial charge in [0.15, 0.2) is 29.7 Å². The molecule has 0 bridgehead atoms. The van der Waals surface area contributed by atoms with Gasteiger partial charge in [0.2, 0.25) is 0 Å². The summed E-state index contributed by atoms with van der Waals surface area (Å²) in [5.74, 6) is 0.602. The lowest BCUT2D eigenvalue weighted by molar-refractivity contribution is -0.118. The first-order valence-electron chi connectivity index (χ1n) is 12.6. The molecule has 0 spiro atoms. The summed E-state index contributed by atoms with van der Waals surface area (Å²) in [5, 5.41) is 6.21. The minimum atomic E-state index is -0.463. The molecule has 9 heteroatoms. The second kappa shape index (κ2) is 11.0. The first-order valence-corrected chi connectivity index (χ1v) is 13.4. The zero-order valence-corrected chi connectivity index (χ0v) is 22.9. The normalized spacial score (nSPS) is 17.4. The standard InChI is InChI=1S/C29H29BrN2O6/c1-36-23-12-4-3-7-18(23)32-25(35)15-38-29-17(30)13-16(14-24(29)37-2)26-27-19(8-5-10-21(27)33)31-20-9-6-11-22(34)28(20)26/h3-4,7,12-14,26,31H,5-6,8-11,15H2,1-2H3,(H,32,35). The lowest BCUT2D eigenvalue weighted by atomic mass is 9.71. The number of hydrogen-bond acceptors (Lipinski definition) is 7. The molecule has 2 N–H and O–H groups in total. The minimum Gasteiger partial charge on any atom is -0.495 e. The zero-order valence-electron chi connectivity index (χ0n) is 21.3. The molecule has 8 nitrogen and oxygen atoms in total.